The number of carbonyl (C=O) groups is 1. The molecule has 0 spiro atoms. The Kier molecular flexibility index (Phi) is 6.35. The standard InChI is InChI=1S/C22H29N3O2/c1-3-18-4-6-19(7-5-18)17(2)23-22(27)16-24-12-14-25(15-13-24)20-8-10-21(26)11-9-20/h4-11,17,26H,3,12-16H2,1-2H3,(H,23,27)/t17-/m0/s1. The molecule has 2 aromatic rings. The molecule has 1 heterocycles. The van der Waals surface area contributed by atoms with Crippen molar-refractivity contribution in [3.63, 3.8) is 0 Å². The monoisotopic (exact) mass is 367 g/mol. The summed E-state index contributed by atoms with van der Waals surface area (Å²) in [6.45, 7) is 8.07. The highest BCUT2D eigenvalue weighted by Gasteiger charge is 2.20. The Morgan fingerprint density at radius 1 is 1.04 bits per heavy atom. The maximum Gasteiger partial charge on any atom is 0.234 e. The molecule has 0 aliphatic carbocycles. The van der Waals surface area contributed by atoms with Crippen molar-refractivity contribution in [2.45, 2.75) is 26.3 Å². The number of piperazine rings is 1. The van der Waals surface area contributed by atoms with E-state index in [-0.39, 0.29) is 17.7 Å². The number of amides is 1. The second-order valence-corrected chi connectivity index (χ2v) is 7.16. The van der Waals surface area contributed by atoms with Gasteiger partial charge in [-0.15, -0.1) is 0 Å². The predicted octanol–water partition coefficient (Wildman–Crippen LogP) is 2.95. The van der Waals surface area contributed by atoms with Gasteiger partial charge in [0, 0.05) is 31.9 Å². The smallest absolute Gasteiger partial charge is 0.234 e. The van der Waals surface area contributed by atoms with E-state index in [1.54, 1.807) is 12.1 Å². The summed E-state index contributed by atoms with van der Waals surface area (Å²) in [6.07, 6.45) is 1.02. The molecule has 1 saturated heterocycles. The normalized spacial score (nSPS) is 16.1. The van der Waals surface area contributed by atoms with Gasteiger partial charge in [-0.3, -0.25) is 9.69 Å². The molecular formula is C22H29N3O2. The SMILES string of the molecule is CCc1ccc([C@H](C)NC(=O)CN2CCN(c3ccc(O)cc3)CC2)cc1. The maximum atomic E-state index is 12.4. The van der Waals surface area contributed by atoms with Crippen molar-refractivity contribution in [2.24, 2.45) is 0 Å². The van der Waals surface area contributed by atoms with Gasteiger partial charge in [0.2, 0.25) is 5.91 Å². The number of nitrogens with zero attached hydrogens (tertiary/aromatic N) is 2. The largest absolute Gasteiger partial charge is 0.508 e. The van der Waals surface area contributed by atoms with E-state index < -0.39 is 0 Å². The topological polar surface area (TPSA) is 55.8 Å². The van der Waals surface area contributed by atoms with E-state index >= 15 is 0 Å². The van der Waals surface area contributed by atoms with Gasteiger partial charge in [0.25, 0.3) is 0 Å². The van der Waals surface area contributed by atoms with Gasteiger partial charge in [0.05, 0.1) is 12.6 Å². The highest BCUT2D eigenvalue weighted by atomic mass is 16.3. The Labute approximate surface area is 161 Å². The van der Waals surface area contributed by atoms with Crippen molar-refractivity contribution in [3.8, 4) is 5.75 Å². The molecule has 1 amide bonds. The van der Waals surface area contributed by atoms with Gasteiger partial charge in [0.15, 0.2) is 0 Å². The maximum absolute atomic E-state index is 12.4. The number of nitrogens with one attached hydrogen (secondary N) is 1. The number of benzene rings is 2. The lowest BCUT2D eigenvalue weighted by atomic mass is 10.1. The second-order valence-electron chi connectivity index (χ2n) is 7.16. The lowest BCUT2D eigenvalue weighted by Gasteiger charge is -2.35. The fourth-order valence-electron chi connectivity index (χ4n) is 3.44. The summed E-state index contributed by atoms with van der Waals surface area (Å²) in [5.41, 5.74) is 3.56. The van der Waals surface area contributed by atoms with Crippen LogP contribution in [0.1, 0.15) is 31.0 Å². The number of hydrogen-bond donors (Lipinski definition) is 2. The Morgan fingerprint density at radius 3 is 2.26 bits per heavy atom. The lowest BCUT2D eigenvalue weighted by molar-refractivity contribution is -0.123. The fourth-order valence-corrected chi connectivity index (χ4v) is 3.44. The Balaban J connectivity index is 1.45. The summed E-state index contributed by atoms with van der Waals surface area (Å²) in [4.78, 5) is 16.9. The average Bonchev–Trinajstić information content (AvgIpc) is 2.69. The van der Waals surface area contributed by atoms with Crippen LogP contribution in [0.4, 0.5) is 5.69 Å². The zero-order valence-corrected chi connectivity index (χ0v) is 16.2. The van der Waals surface area contributed by atoms with E-state index in [4.69, 9.17) is 0 Å². The molecule has 5 nitrogen and oxygen atoms in total. The van der Waals surface area contributed by atoms with Crippen LogP contribution in [0.15, 0.2) is 48.5 Å². The molecule has 0 radical (unpaired) electrons. The molecule has 2 N–H and O–H groups in total. The van der Waals surface area contributed by atoms with Crippen molar-refractivity contribution in [2.75, 3.05) is 37.6 Å². The molecule has 1 aliphatic heterocycles. The summed E-state index contributed by atoms with van der Waals surface area (Å²) in [7, 11) is 0. The third-order valence-electron chi connectivity index (χ3n) is 5.22. The van der Waals surface area contributed by atoms with E-state index in [1.165, 1.54) is 5.56 Å². The summed E-state index contributed by atoms with van der Waals surface area (Å²) >= 11 is 0. The van der Waals surface area contributed by atoms with E-state index in [1.807, 2.05) is 19.1 Å². The third kappa shape index (κ3) is 5.23. The van der Waals surface area contributed by atoms with Crippen LogP contribution in [0.2, 0.25) is 0 Å². The molecule has 5 heteroatoms. The van der Waals surface area contributed by atoms with Gasteiger partial charge >= 0.3 is 0 Å². The van der Waals surface area contributed by atoms with Crippen molar-refractivity contribution in [1.82, 2.24) is 10.2 Å². The van der Waals surface area contributed by atoms with Crippen molar-refractivity contribution >= 4 is 11.6 Å². The Morgan fingerprint density at radius 2 is 1.67 bits per heavy atom. The Hall–Kier alpha value is -2.53. The molecule has 27 heavy (non-hydrogen) atoms. The molecule has 0 unspecified atom stereocenters. The van der Waals surface area contributed by atoms with Gasteiger partial charge in [-0.05, 0) is 48.7 Å². The first-order valence-corrected chi connectivity index (χ1v) is 9.69. The summed E-state index contributed by atoms with van der Waals surface area (Å²) in [5, 5.41) is 12.5. The second kappa shape index (κ2) is 8.91. The van der Waals surface area contributed by atoms with E-state index in [9.17, 15) is 9.90 Å². The van der Waals surface area contributed by atoms with Crippen molar-refractivity contribution in [3.05, 3.63) is 59.7 Å². The molecule has 2 aromatic carbocycles. The first kappa shape index (κ1) is 19.2. The van der Waals surface area contributed by atoms with Crippen LogP contribution in [-0.2, 0) is 11.2 Å². The fraction of sp³-hybridized carbons (Fsp3) is 0.409. The van der Waals surface area contributed by atoms with E-state index in [0.717, 1.165) is 43.9 Å². The van der Waals surface area contributed by atoms with Crippen molar-refractivity contribution < 1.29 is 9.90 Å². The molecule has 0 bridgehead atoms. The van der Waals surface area contributed by atoms with Crippen molar-refractivity contribution in [1.29, 1.82) is 0 Å². The number of aromatic hydroxyl groups is 1. The van der Waals surface area contributed by atoms with Gasteiger partial charge in [0.1, 0.15) is 5.75 Å². The molecular weight excluding hydrogens is 338 g/mol. The van der Waals surface area contributed by atoms with Crippen LogP contribution in [0.25, 0.3) is 0 Å². The van der Waals surface area contributed by atoms with Crippen LogP contribution >= 0.6 is 0 Å². The van der Waals surface area contributed by atoms with Crippen LogP contribution in [0.3, 0.4) is 0 Å². The number of phenols is 1. The van der Waals surface area contributed by atoms with Crippen LogP contribution in [0.5, 0.6) is 5.75 Å². The number of phenolic OH excluding ortho intramolecular Hbond substituents is 1. The predicted molar refractivity (Wildman–Crippen MR) is 109 cm³/mol. The zero-order chi connectivity index (χ0) is 19.2. The molecule has 144 valence electrons. The third-order valence-corrected chi connectivity index (χ3v) is 5.22. The number of rotatable bonds is 6. The highest BCUT2D eigenvalue weighted by molar-refractivity contribution is 5.78. The first-order valence-electron chi connectivity index (χ1n) is 9.69. The Bertz CT molecular complexity index is 735. The van der Waals surface area contributed by atoms with Gasteiger partial charge in [-0.1, -0.05) is 31.2 Å². The summed E-state index contributed by atoms with van der Waals surface area (Å²) in [5.74, 6) is 0.354. The minimum atomic E-state index is 0.0155. The molecule has 1 fully saturated rings. The van der Waals surface area contributed by atoms with Gasteiger partial charge in [-0.25, -0.2) is 0 Å². The summed E-state index contributed by atoms with van der Waals surface area (Å²) < 4.78 is 0. The summed E-state index contributed by atoms with van der Waals surface area (Å²) in [6, 6.07) is 15.8. The number of aryl methyl sites for hydroxylation is 1. The minimum absolute atomic E-state index is 0.0155. The average molecular weight is 367 g/mol. The molecule has 1 atom stereocenters. The number of carbonyl (C=O) groups excluding carboxylic acids is 1. The number of anilines is 1. The van der Waals surface area contributed by atoms with Crippen LogP contribution in [0, 0.1) is 0 Å². The zero-order valence-electron chi connectivity index (χ0n) is 16.2. The molecule has 0 aromatic heterocycles. The quantitative estimate of drug-likeness (QED) is 0.824. The van der Waals surface area contributed by atoms with Gasteiger partial charge in [-0.2, -0.15) is 0 Å². The van der Waals surface area contributed by atoms with Crippen LogP contribution in [-0.4, -0.2) is 48.6 Å². The van der Waals surface area contributed by atoms with E-state index in [0.29, 0.717) is 6.54 Å². The van der Waals surface area contributed by atoms with E-state index in [2.05, 4.69) is 46.3 Å². The lowest BCUT2D eigenvalue weighted by Crippen LogP contribution is -2.49. The molecule has 0 saturated carbocycles. The molecule has 3 rings (SSSR count). The van der Waals surface area contributed by atoms with Crippen LogP contribution < -0.4 is 10.2 Å². The minimum Gasteiger partial charge on any atom is -0.508 e. The molecule has 1 aliphatic rings. The number of hydrogen-bond acceptors (Lipinski definition) is 4. The highest BCUT2D eigenvalue weighted by Crippen LogP contribution is 2.20. The van der Waals surface area contributed by atoms with Gasteiger partial charge < -0.3 is 15.3 Å². The first-order chi connectivity index (χ1) is 13.0.